The molecule has 18 heavy (non-hydrogen) atoms. The molecule has 1 amide bonds. The van der Waals surface area contributed by atoms with Gasteiger partial charge < -0.3 is 10.3 Å². The van der Waals surface area contributed by atoms with Crippen LogP contribution in [0.1, 0.15) is 19.4 Å². The van der Waals surface area contributed by atoms with Crippen molar-refractivity contribution in [3.63, 3.8) is 0 Å². The molecule has 0 aliphatic carbocycles. The zero-order valence-electron chi connectivity index (χ0n) is 10.9. The van der Waals surface area contributed by atoms with E-state index in [0.717, 1.165) is 10.9 Å². The molecular formula is C14H18N2O2. The summed E-state index contributed by atoms with van der Waals surface area (Å²) in [6, 6.07) is 7.39. The highest BCUT2D eigenvalue weighted by molar-refractivity contribution is 5.82. The molecule has 0 atom stereocenters. The van der Waals surface area contributed by atoms with Crippen molar-refractivity contribution < 1.29 is 4.79 Å². The molecule has 2 N–H and O–H groups in total. The monoisotopic (exact) mass is 246 g/mol. The van der Waals surface area contributed by atoms with E-state index in [1.807, 2.05) is 39.0 Å². The minimum absolute atomic E-state index is 0.0807. The number of carbonyl (C=O) groups excluding carboxylic acids is 1. The molecule has 0 aliphatic rings. The molecule has 0 saturated heterocycles. The van der Waals surface area contributed by atoms with Crippen molar-refractivity contribution in [2.75, 3.05) is 0 Å². The van der Waals surface area contributed by atoms with Crippen molar-refractivity contribution in [1.82, 2.24) is 4.57 Å². The van der Waals surface area contributed by atoms with E-state index in [9.17, 15) is 9.59 Å². The molecule has 2 rings (SSSR count). The zero-order valence-corrected chi connectivity index (χ0v) is 10.9. The molecule has 0 saturated carbocycles. The fourth-order valence-corrected chi connectivity index (χ4v) is 1.70. The first kappa shape index (κ1) is 14.0. The highest BCUT2D eigenvalue weighted by Gasteiger charge is 2.04. The van der Waals surface area contributed by atoms with Crippen LogP contribution in [0.15, 0.2) is 35.3 Å². The molecule has 1 aromatic heterocycles. The number of amides is 1. The summed E-state index contributed by atoms with van der Waals surface area (Å²) < 4.78 is 1.32. The van der Waals surface area contributed by atoms with Gasteiger partial charge in [-0.2, -0.15) is 0 Å². The van der Waals surface area contributed by atoms with Crippen molar-refractivity contribution in [3.8, 4) is 0 Å². The van der Waals surface area contributed by atoms with Crippen LogP contribution in [0.5, 0.6) is 0 Å². The number of aromatic nitrogens is 1. The summed E-state index contributed by atoms with van der Waals surface area (Å²) in [6.07, 6.45) is 1.59. The zero-order chi connectivity index (χ0) is 13.7. The predicted octanol–water partition coefficient (Wildman–Crippen LogP) is 1.82. The van der Waals surface area contributed by atoms with Crippen LogP contribution >= 0.6 is 0 Å². The van der Waals surface area contributed by atoms with Crippen LogP contribution in [-0.4, -0.2) is 10.5 Å². The molecule has 1 heterocycles. The lowest BCUT2D eigenvalue weighted by Crippen LogP contribution is -2.27. The van der Waals surface area contributed by atoms with Crippen LogP contribution in [0.25, 0.3) is 10.8 Å². The third-order valence-corrected chi connectivity index (χ3v) is 2.46. The SMILES string of the molecule is CC.Cc1ccc2c(=O)n(CC(N)=O)ccc2c1. The molecular weight excluding hydrogens is 228 g/mol. The van der Waals surface area contributed by atoms with Gasteiger partial charge in [0.25, 0.3) is 5.56 Å². The van der Waals surface area contributed by atoms with Gasteiger partial charge in [-0.15, -0.1) is 0 Å². The van der Waals surface area contributed by atoms with Crippen LogP contribution in [0.2, 0.25) is 0 Å². The molecule has 0 spiro atoms. The number of nitrogens with two attached hydrogens (primary N) is 1. The Bertz CT molecular complexity index is 615. The normalized spacial score (nSPS) is 9.72. The first-order chi connectivity index (χ1) is 8.58. The van der Waals surface area contributed by atoms with Crippen molar-refractivity contribution in [1.29, 1.82) is 0 Å². The molecule has 1 aromatic carbocycles. The summed E-state index contributed by atoms with van der Waals surface area (Å²) in [5.74, 6) is -0.520. The maximum absolute atomic E-state index is 11.9. The van der Waals surface area contributed by atoms with Gasteiger partial charge in [0.1, 0.15) is 6.54 Å². The average Bonchev–Trinajstić information content (AvgIpc) is 2.35. The third-order valence-electron chi connectivity index (χ3n) is 2.46. The van der Waals surface area contributed by atoms with Crippen molar-refractivity contribution in [2.45, 2.75) is 27.3 Å². The number of carbonyl (C=O) groups is 1. The lowest BCUT2D eigenvalue weighted by molar-refractivity contribution is -0.118. The molecule has 0 aliphatic heterocycles. The lowest BCUT2D eigenvalue weighted by atomic mass is 10.1. The number of aryl methyl sites for hydroxylation is 1. The molecule has 0 bridgehead atoms. The van der Waals surface area contributed by atoms with Gasteiger partial charge in [-0.05, 0) is 24.4 Å². The molecule has 2 aromatic rings. The van der Waals surface area contributed by atoms with Crippen LogP contribution in [0.4, 0.5) is 0 Å². The van der Waals surface area contributed by atoms with E-state index in [-0.39, 0.29) is 12.1 Å². The van der Waals surface area contributed by atoms with Crippen molar-refractivity contribution in [3.05, 3.63) is 46.4 Å². The number of benzene rings is 1. The average molecular weight is 246 g/mol. The Morgan fingerprint density at radius 1 is 1.28 bits per heavy atom. The maximum atomic E-state index is 11.9. The molecule has 4 nitrogen and oxygen atoms in total. The highest BCUT2D eigenvalue weighted by atomic mass is 16.2. The second-order valence-electron chi connectivity index (χ2n) is 3.81. The Labute approximate surface area is 106 Å². The van der Waals surface area contributed by atoms with Crippen LogP contribution < -0.4 is 11.3 Å². The van der Waals surface area contributed by atoms with Crippen molar-refractivity contribution >= 4 is 16.7 Å². The summed E-state index contributed by atoms with van der Waals surface area (Å²) in [7, 11) is 0. The smallest absolute Gasteiger partial charge is 0.258 e. The van der Waals surface area contributed by atoms with Crippen LogP contribution in [-0.2, 0) is 11.3 Å². The van der Waals surface area contributed by atoms with Gasteiger partial charge in [-0.3, -0.25) is 9.59 Å². The lowest BCUT2D eigenvalue weighted by Gasteiger charge is -2.05. The van der Waals surface area contributed by atoms with Gasteiger partial charge in [0.05, 0.1) is 0 Å². The Kier molecular flexibility index (Phi) is 4.66. The number of primary amides is 1. The molecule has 0 radical (unpaired) electrons. The van der Waals surface area contributed by atoms with E-state index in [2.05, 4.69) is 0 Å². The Morgan fingerprint density at radius 2 is 1.94 bits per heavy atom. The van der Waals surface area contributed by atoms with E-state index >= 15 is 0 Å². The van der Waals surface area contributed by atoms with Gasteiger partial charge in [-0.25, -0.2) is 0 Å². The summed E-state index contributed by atoms with van der Waals surface area (Å²) >= 11 is 0. The van der Waals surface area contributed by atoms with E-state index < -0.39 is 5.91 Å². The summed E-state index contributed by atoms with van der Waals surface area (Å²) in [5, 5.41) is 1.49. The largest absolute Gasteiger partial charge is 0.368 e. The summed E-state index contributed by atoms with van der Waals surface area (Å²) in [5.41, 5.74) is 5.98. The topological polar surface area (TPSA) is 65.1 Å². The highest BCUT2D eigenvalue weighted by Crippen LogP contribution is 2.11. The molecule has 96 valence electrons. The number of hydrogen-bond donors (Lipinski definition) is 1. The number of hydrogen-bond acceptors (Lipinski definition) is 2. The Balaban J connectivity index is 0.000000771. The van der Waals surface area contributed by atoms with Gasteiger partial charge in [-0.1, -0.05) is 31.5 Å². The van der Waals surface area contributed by atoms with E-state index in [0.29, 0.717) is 5.39 Å². The van der Waals surface area contributed by atoms with Crippen LogP contribution in [0, 0.1) is 6.92 Å². The number of fused-ring (bicyclic) bond motifs is 1. The number of nitrogens with zero attached hydrogens (tertiary/aromatic N) is 1. The van der Waals surface area contributed by atoms with E-state index in [4.69, 9.17) is 5.73 Å². The van der Waals surface area contributed by atoms with E-state index in [1.54, 1.807) is 12.3 Å². The van der Waals surface area contributed by atoms with Gasteiger partial charge in [0, 0.05) is 11.6 Å². The number of pyridine rings is 1. The first-order valence-corrected chi connectivity index (χ1v) is 5.96. The predicted molar refractivity (Wildman–Crippen MR) is 73.5 cm³/mol. The first-order valence-electron chi connectivity index (χ1n) is 5.96. The van der Waals surface area contributed by atoms with Gasteiger partial charge >= 0.3 is 0 Å². The third kappa shape index (κ3) is 2.97. The minimum atomic E-state index is -0.520. The Hall–Kier alpha value is -2.10. The van der Waals surface area contributed by atoms with Gasteiger partial charge in [0.15, 0.2) is 0 Å². The second kappa shape index (κ2) is 6.00. The standard InChI is InChI=1S/C12H12N2O2.C2H6/c1-8-2-3-10-9(6-8)4-5-14(12(10)16)7-11(13)15;1-2/h2-6H,7H2,1H3,(H2,13,15);1-2H3. The molecule has 4 heteroatoms. The number of rotatable bonds is 2. The Morgan fingerprint density at radius 3 is 2.56 bits per heavy atom. The van der Waals surface area contributed by atoms with Crippen LogP contribution in [0.3, 0.4) is 0 Å². The van der Waals surface area contributed by atoms with E-state index in [1.165, 1.54) is 4.57 Å². The fraction of sp³-hybridized carbons (Fsp3) is 0.286. The molecule has 0 fully saturated rings. The van der Waals surface area contributed by atoms with Crippen molar-refractivity contribution in [2.24, 2.45) is 5.73 Å². The maximum Gasteiger partial charge on any atom is 0.258 e. The quantitative estimate of drug-likeness (QED) is 0.878. The summed E-state index contributed by atoms with van der Waals surface area (Å²) in [4.78, 5) is 22.7. The second-order valence-corrected chi connectivity index (χ2v) is 3.81. The van der Waals surface area contributed by atoms with Gasteiger partial charge in [0.2, 0.25) is 5.91 Å². The minimum Gasteiger partial charge on any atom is -0.368 e. The molecule has 0 unspecified atom stereocenters. The fourth-order valence-electron chi connectivity index (χ4n) is 1.70. The summed E-state index contributed by atoms with van der Waals surface area (Å²) in [6.45, 7) is 5.89.